The third-order valence-electron chi connectivity index (χ3n) is 3.67. The standard InChI is InChI=1S/C15H15F3N2O4/c16-15(17,18)14(24)19-10-5-3-4-9(8-10)12(21)20-7-2-1-6-11(20)13(22)23/h3-5,8,11H,1-2,6-7H2,(H,19,24)(H,22,23). The topological polar surface area (TPSA) is 86.7 Å². The van der Waals surface area contributed by atoms with E-state index in [1.54, 1.807) is 5.32 Å². The van der Waals surface area contributed by atoms with Crippen LogP contribution in [0.4, 0.5) is 18.9 Å². The maximum atomic E-state index is 12.5. The number of halogens is 3. The van der Waals surface area contributed by atoms with Crippen LogP contribution in [0.1, 0.15) is 29.6 Å². The Bertz CT molecular complexity index is 660. The maximum absolute atomic E-state index is 12.5. The number of carbonyl (C=O) groups is 3. The lowest BCUT2D eigenvalue weighted by molar-refractivity contribution is -0.167. The lowest BCUT2D eigenvalue weighted by Gasteiger charge is -2.33. The first kappa shape index (κ1) is 17.8. The van der Waals surface area contributed by atoms with Crippen molar-refractivity contribution >= 4 is 23.5 Å². The van der Waals surface area contributed by atoms with Crippen LogP contribution in [-0.4, -0.2) is 46.6 Å². The minimum Gasteiger partial charge on any atom is -0.480 e. The van der Waals surface area contributed by atoms with Gasteiger partial charge in [0.2, 0.25) is 0 Å². The number of nitrogens with one attached hydrogen (secondary N) is 1. The number of anilines is 1. The van der Waals surface area contributed by atoms with Gasteiger partial charge in [-0.05, 0) is 37.5 Å². The number of hydrogen-bond acceptors (Lipinski definition) is 3. The molecule has 1 aromatic rings. The summed E-state index contributed by atoms with van der Waals surface area (Å²) in [5.74, 6) is -3.86. The van der Waals surface area contributed by atoms with Gasteiger partial charge in [0.1, 0.15) is 6.04 Å². The van der Waals surface area contributed by atoms with Gasteiger partial charge in [-0.1, -0.05) is 6.07 Å². The van der Waals surface area contributed by atoms with Gasteiger partial charge in [0, 0.05) is 17.8 Å². The number of amides is 2. The van der Waals surface area contributed by atoms with Crippen LogP contribution in [0, 0.1) is 0 Å². The molecule has 0 aliphatic carbocycles. The van der Waals surface area contributed by atoms with E-state index in [1.165, 1.54) is 23.1 Å². The summed E-state index contributed by atoms with van der Waals surface area (Å²) in [4.78, 5) is 35.9. The molecule has 0 saturated carbocycles. The quantitative estimate of drug-likeness (QED) is 0.881. The van der Waals surface area contributed by atoms with Crippen molar-refractivity contribution in [2.24, 2.45) is 0 Å². The number of nitrogens with zero attached hydrogens (tertiary/aromatic N) is 1. The Balaban J connectivity index is 2.19. The molecule has 1 aromatic carbocycles. The molecule has 2 N–H and O–H groups in total. The van der Waals surface area contributed by atoms with Gasteiger partial charge in [-0.2, -0.15) is 13.2 Å². The fourth-order valence-corrected chi connectivity index (χ4v) is 2.53. The Hall–Kier alpha value is -2.58. The van der Waals surface area contributed by atoms with Crippen LogP contribution in [0.25, 0.3) is 0 Å². The number of benzene rings is 1. The maximum Gasteiger partial charge on any atom is 0.471 e. The van der Waals surface area contributed by atoms with Gasteiger partial charge in [-0.25, -0.2) is 4.79 Å². The second-order valence-corrected chi connectivity index (χ2v) is 5.38. The predicted octanol–water partition coefficient (Wildman–Crippen LogP) is 2.27. The van der Waals surface area contributed by atoms with E-state index in [0.717, 1.165) is 6.07 Å². The number of carbonyl (C=O) groups excluding carboxylic acids is 2. The number of likely N-dealkylation sites (tertiary alicyclic amines) is 1. The van der Waals surface area contributed by atoms with Gasteiger partial charge in [0.05, 0.1) is 0 Å². The number of alkyl halides is 3. The van der Waals surface area contributed by atoms with E-state index in [1.807, 2.05) is 0 Å². The van der Waals surface area contributed by atoms with Crippen molar-refractivity contribution in [2.75, 3.05) is 11.9 Å². The highest BCUT2D eigenvalue weighted by atomic mass is 19.4. The van der Waals surface area contributed by atoms with E-state index in [9.17, 15) is 32.7 Å². The van der Waals surface area contributed by atoms with Crippen molar-refractivity contribution in [1.29, 1.82) is 0 Å². The Labute approximate surface area is 135 Å². The van der Waals surface area contributed by atoms with Crippen LogP contribution >= 0.6 is 0 Å². The number of aliphatic carboxylic acids is 1. The molecule has 1 aliphatic rings. The second-order valence-electron chi connectivity index (χ2n) is 5.38. The Morgan fingerprint density at radius 3 is 2.54 bits per heavy atom. The summed E-state index contributed by atoms with van der Waals surface area (Å²) in [5.41, 5.74) is -0.171. The summed E-state index contributed by atoms with van der Waals surface area (Å²) in [6, 6.07) is 4.03. The molecule has 9 heteroatoms. The first-order valence-electron chi connectivity index (χ1n) is 7.22. The average Bonchev–Trinajstić information content (AvgIpc) is 2.53. The molecule has 130 valence electrons. The molecule has 1 saturated heterocycles. The molecular formula is C15H15F3N2O4. The first-order valence-corrected chi connectivity index (χ1v) is 7.22. The van der Waals surface area contributed by atoms with Crippen LogP contribution < -0.4 is 5.32 Å². The molecular weight excluding hydrogens is 329 g/mol. The van der Waals surface area contributed by atoms with E-state index in [-0.39, 0.29) is 17.8 Å². The van der Waals surface area contributed by atoms with E-state index in [2.05, 4.69) is 0 Å². The molecule has 1 aliphatic heterocycles. The summed E-state index contributed by atoms with van der Waals surface area (Å²) in [6.07, 6.45) is -3.38. The van der Waals surface area contributed by atoms with Gasteiger partial charge in [0.25, 0.3) is 5.91 Å². The third kappa shape index (κ3) is 4.03. The molecule has 2 rings (SSSR count). The van der Waals surface area contributed by atoms with Crippen LogP contribution in [0.5, 0.6) is 0 Å². The van der Waals surface area contributed by atoms with Crippen molar-refractivity contribution in [1.82, 2.24) is 4.90 Å². The van der Waals surface area contributed by atoms with Crippen LogP contribution in [0.3, 0.4) is 0 Å². The van der Waals surface area contributed by atoms with E-state index in [4.69, 9.17) is 0 Å². The molecule has 2 amide bonds. The van der Waals surface area contributed by atoms with E-state index in [0.29, 0.717) is 19.3 Å². The lowest BCUT2D eigenvalue weighted by atomic mass is 10.0. The fourth-order valence-electron chi connectivity index (χ4n) is 2.53. The van der Waals surface area contributed by atoms with Crippen molar-refractivity contribution in [3.05, 3.63) is 29.8 Å². The Morgan fingerprint density at radius 2 is 1.92 bits per heavy atom. The summed E-state index contributed by atoms with van der Waals surface area (Å²) >= 11 is 0. The molecule has 0 bridgehead atoms. The van der Waals surface area contributed by atoms with Crippen molar-refractivity contribution in [3.8, 4) is 0 Å². The van der Waals surface area contributed by atoms with Crippen LogP contribution in [-0.2, 0) is 9.59 Å². The molecule has 0 aromatic heterocycles. The molecule has 0 radical (unpaired) electrons. The number of carboxylic acid groups (broad SMARTS) is 1. The number of piperidine rings is 1. The zero-order valence-electron chi connectivity index (χ0n) is 12.5. The molecule has 1 unspecified atom stereocenters. The van der Waals surface area contributed by atoms with Gasteiger partial charge in [-0.15, -0.1) is 0 Å². The molecule has 1 fully saturated rings. The SMILES string of the molecule is O=C(O)C1CCCCN1C(=O)c1cccc(NC(=O)C(F)(F)F)c1. The largest absolute Gasteiger partial charge is 0.480 e. The molecule has 1 atom stereocenters. The Morgan fingerprint density at radius 1 is 1.21 bits per heavy atom. The minimum atomic E-state index is -5.04. The summed E-state index contributed by atoms with van der Waals surface area (Å²) < 4.78 is 36.8. The summed E-state index contributed by atoms with van der Waals surface area (Å²) in [5, 5.41) is 10.9. The van der Waals surface area contributed by atoms with Crippen LogP contribution in [0.15, 0.2) is 24.3 Å². The second kappa shape index (κ2) is 6.90. The predicted molar refractivity (Wildman–Crippen MR) is 77.4 cm³/mol. The number of hydrogen-bond donors (Lipinski definition) is 2. The average molecular weight is 344 g/mol. The van der Waals surface area contributed by atoms with Gasteiger partial charge in [0.15, 0.2) is 0 Å². The molecule has 24 heavy (non-hydrogen) atoms. The normalized spacial score (nSPS) is 18.1. The van der Waals surface area contributed by atoms with Crippen molar-refractivity contribution in [2.45, 2.75) is 31.5 Å². The van der Waals surface area contributed by atoms with Crippen molar-refractivity contribution < 1.29 is 32.7 Å². The zero-order valence-corrected chi connectivity index (χ0v) is 12.5. The molecule has 1 heterocycles. The highest BCUT2D eigenvalue weighted by molar-refractivity contribution is 5.99. The highest BCUT2D eigenvalue weighted by Crippen LogP contribution is 2.22. The fraction of sp³-hybridized carbons (Fsp3) is 0.400. The summed E-state index contributed by atoms with van der Waals surface area (Å²) in [7, 11) is 0. The van der Waals surface area contributed by atoms with Gasteiger partial charge in [-0.3, -0.25) is 9.59 Å². The summed E-state index contributed by atoms with van der Waals surface area (Å²) in [6.45, 7) is 0.259. The lowest BCUT2D eigenvalue weighted by Crippen LogP contribution is -2.48. The molecule has 6 nitrogen and oxygen atoms in total. The van der Waals surface area contributed by atoms with Crippen molar-refractivity contribution in [3.63, 3.8) is 0 Å². The van der Waals surface area contributed by atoms with Crippen LogP contribution in [0.2, 0.25) is 0 Å². The first-order chi connectivity index (χ1) is 11.2. The van der Waals surface area contributed by atoms with E-state index >= 15 is 0 Å². The number of rotatable bonds is 3. The minimum absolute atomic E-state index is 0.0168. The van der Waals surface area contributed by atoms with E-state index < -0.39 is 30.0 Å². The smallest absolute Gasteiger partial charge is 0.471 e. The van der Waals surface area contributed by atoms with Gasteiger partial charge < -0.3 is 15.3 Å². The monoisotopic (exact) mass is 344 g/mol. The number of carboxylic acids is 1. The molecule has 0 spiro atoms. The third-order valence-corrected chi connectivity index (χ3v) is 3.67. The zero-order chi connectivity index (χ0) is 17.9. The Kier molecular flexibility index (Phi) is 5.10. The highest BCUT2D eigenvalue weighted by Gasteiger charge is 2.39. The van der Waals surface area contributed by atoms with Gasteiger partial charge >= 0.3 is 18.1 Å².